The number of carbonyl (C=O) groups is 1. The lowest BCUT2D eigenvalue weighted by Crippen LogP contribution is -2.63. The van der Waals surface area contributed by atoms with E-state index >= 15 is 0 Å². The van der Waals surface area contributed by atoms with Gasteiger partial charge in [-0.3, -0.25) is 14.4 Å². The Bertz CT molecular complexity index is 1180. The van der Waals surface area contributed by atoms with Gasteiger partial charge in [0.1, 0.15) is 24.3 Å². The van der Waals surface area contributed by atoms with E-state index in [1.807, 2.05) is 0 Å². The van der Waals surface area contributed by atoms with Crippen molar-refractivity contribution in [2.24, 2.45) is 0 Å². The van der Waals surface area contributed by atoms with Gasteiger partial charge in [0, 0.05) is 26.2 Å². The first-order valence-electron chi connectivity index (χ1n) is 9.81. The number of hydrogen-bond donors (Lipinski definition) is 1. The molecule has 7 nitrogen and oxygen atoms in total. The lowest BCUT2D eigenvalue weighted by molar-refractivity contribution is -0.137. The third kappa shape index (κ3) is 3.90. The molecule has 0 spiro atoms. The molecule has 0 fully saturated rings. The third-order valence-electron chi connectivity index (χ3n) is 5.53. The Kier molecular flexibility index (Phi) is 5.56. The zero-order chi connectivity index (χ0) is 24.0. The zero-order valence-electron chi connectivity index (χ0n) is 17.2. The van der Waals surface area contributed by atoms with Crippen molar-refractivity contribution in [3.8, 4) is 0 Å². The van der Waals surface area contributed by atoms with Crippen molar-refractivity contribution in [1.82, 2.24) is 19.7 Å². The van der Waals surface area contributed by atoms with Gasteiger partial charge in [-0.2, -0.15) is 18.3 Å². The number of carbonyl (C=O) groups excluding carboxylic acids is 1. The topological polar surface area (TPSA) is 74.5 Å². The number of aromatic nitrogens is 3. The van der Waals surface area contributed by atoms with Gasteiger partial charge in [-0.05, 0) is 36.8 Å². The first-order valence-corrected chi connectivity index (χ1v) is 9.81. The maximum absolute atomic E-state index is 14.8. The molecule has 1 aliphatic rings. The largest absolute Gasteiger partial charge is 0.416 e. The van der Waals surface area contributed by atoms with E-state index in [0.29, 0.717) is 18.7 Å². The molecule has 0 radical (unpaired) electrons. The molecule has 174 valence electrons. The first kappa shape index (κ1) is 22.6. The molecule has 2 heterocycles. The summed E-state index contributed by atoms with van der Waals surface area (Å²) in [6.45, 7) is 0.187. The number of halogens is 5. The second-order valence-electron chi connectivity index (χ2n) is 7.52. The monoisotopic (exact) mass is 467 g/mol. The minimum atomic E-state index is -4.70. The number of benzene rings is 2. The third-order valence-corrected chi connectivity index (χ3v) is 5.53. The highest BCUT2D eigenvalue weighted by atomic mass is 19.4. The number of fused-ring (bicyclic) bond motifs is 1. The van der Waals surface area contributed by atoms with Gasteiger partial charge in [-0.1, -0.05) is 0 Å². The molecule has 33 heavy (non-hydrogen) atoms. The highest BCUT2D eigenvalue weighted by Gasteiger charge is 2.50. The summed E-state index contributed by atoms with van der Waals surface area (Å²) >= 11 is 0. The van der Waals surface area contributed by atoms with Crippen molar-refractivity contribution in [2.45, 2.75) is 25.0 Å². The minimum absolute atomic E-state index is 0.0987. The highest BCUT2D eigenvalue weighted by molar-refractivity contribution is 6.02. The second-order valence-corrected chi connectivity index (χ2v) is 7.52. The molecule has 3 aromatic rings. The molecule has 0 saturated carbocycles. The Labute approximate surface area is 184 Å². The van der Waals surface area contributed by atoms with E-state index in [1.54, 1.807) is 0 Å². The van der Waals surface area contributed by atoms with E-state index in [-0.39, 0.29) is 24.2 Å². The molecule has 0 aliphatic carbocycles. The van der Waals surface area contributed by atoms with Crippen LogP contribution in [-0.2, 0) is 18.6 Å². The average molecular weight is 467 g/mol. The van der Waals surface area contributed by atoms with E-state index in [1.165, 1.54) is 24.4 Å². The summed E-state index contributed by atoms with van der Waals surface area (Å²) < 4.78 is 69.7. The molecule has 1 N–H and O–H groups in total. The summed E-state index contributed by atoms with van der Waals surface area (Å²) in [5.74, 6) is -5.40. The predicted molar refractivity (Wildman–Crippen MR) is 106 cm³/mol. The first-order chi connectivity index (χ1) is 15.5. The van der Waals surface area contributed by atoms with Gasteiger partial charge in [0.25, 0.3) is 11.8 Å². The molecule has 0 saturated heterocycles. The van der Waals surface area contributed by atoms with Gasteiger partial charge < -0.3 is 10.0 Å². The summed E-state index contributed by atoms with van der Waals surface area (Å²) in [4.78, 5) is 19.0. The van der Waals surface area contributed by atoms with Crippen molar-refractivity contribution in [2.75, 3.05) is 18.5 Å². The van der Waals surface area contributed by atoms with Crippen molar-refractivity contribution in [1.29, 1.82) is 0 Å². The van der Waals surface area contributed by atoms with Crippen molar-refractivity contribution in [3.63, 3.8) is 0 Å². The molecule has 2 aromatic carbocycles. The number of anilines is 1. The number of amides is 1. The molecule has 0 bridgehead atoms. The minimum Gasteiger partial charge on any atom is -0.350 e. The fourth-order valence-electron chi connectivity index (χ4n) is 3.89. The summed E-state index contributed by atoms with van der Waals surface area (Å²) in [6.07, 6.45) is -1.68. The van der Waals surface area contributed by atoms with Crippen LogP contribution < -0.4 is 4.90 Å². The molecule has 12 heteroatoms. The lowest BCUT2D eigenvalue weighted by Gasteiger charge is -2.50. The molecule has 4 rings (SSSR count). The van der Waals surface area contributed by atoms with Crippen LogP contribution in [0.2, 0.25) is 0 Å². The number of hydrogen-bond acceptors (Lipinski definition) is 5. The van der Waals surface area contributed by atoms with E-state index in [2.05, 4.69) is 10.1 Å². The van der Waals surface area contributed by atoms with Crippen LogP contribution in [0.4, 0.5) is 27.6 Å². The lowest BCUT2D eigenvalue weighted by atomic mass is 9.96. The maximum atomic E-state index is 14.8. The molecule has 1 aliphatic heterocycles. The maximum Gasteiger partial charge on any atom is 0.416 e. The van der Waals surface area contributed by atoms with Crippen LogP contribution in [0.25, 0.3) is 0 Å². The van der Waals surface area contributed by atoms with Gasteiger partial charge in [0.15, 0.2) is 0 Å². The Balaban J connectivity index is 1.81. The van der Waals surface area contributed by atoms with Crippen LogP contribution in [0.15, 0.2) is 49.1 Å². The summed E-state index contributed by atoms with van der Waals surface area (Å²) in [5.41, 5.74) is -1.86. The van der Waals surface area contributed by atoms with Gasteiger partial charge in [0.2, 0.25) is 0 Å². The van der Waals surface area contributed by atoms with Crippen LogP contribution in [-0.4, -0.2) is 44.3 Å². The van der Waals surface area contributed by atoms with E-state index < -0.39 is 40.7 Å². The fraction of sp³-hybridized carbons (Fsp3) is 0.286. The highest BCUT2D eigenvalue weighted by Crippen LogP contribution is 2.43. The average Bonchev–Trinajstić information content (AvgIpc) is 3.27. The molecule has 1 unspecified atom stereocenters. The van der Waals surface area contributed by atoms with E-state index in [0.717, 1.165) is 34.1 Å². The normalized spacial score (nSPS) is 18.6. The molecular weight excluding hydrogens is 449 g/mol. The number of alkyl halides is 3. The molecule has 1 amide bonds. The van der Waals surface area contributed by atoms with Crippen LogP contribution in [0.1, 0.15) is 27.9 Å². The Hall–Kier alpha value is -3.54. The van der Waals surface area contributed by atoms with E-state index in [9.17, 15) is 31.9 Å². The van der Waals surface area contributed by atoms with Crippen LogP contribution in [0.3, 0.4) is 0 Å². The van der Waals surface area contributed by atoms with Crippen molar-refractivity contribution >= 4 is 11.6 Å². The molecule has 1 atom stereocenters. The van der Waals surface area contributed by atoms with Gasteiger partial charge in [-0.25, -0.2) is 13.8 Å². The predicted octanol–water partition coefficient (Wildman–Crippen LogP) is 3.36. The SMILES string of the molecule is CN1c2cc(C(F)(F)F)ccc2C(=O)N(CCCn2cncn2)C1(O)c1ccc(F)cc1F. The van der Waals surface area contributed by atoms with Gasteiger partial charge >= 0.3 is 6.18 Å². The fourth-order valence-corrected chi connectivity index (χ4v) is 3.89. The smallest absolute Gasteiger partial charge is 0.350 e. The second kappa shape index (κ2) is 8.10. The standard InChI is InChI=1S/C21H18F5N5O2/c1-29-18-9-13(20(24,25)26)3-5-15(18)19(32)31(8-2-7-30-12-27-11-28-30)21(29,33)16-6-4-14(22)10-17(16)23/h3-6,9-12,33H,2,7-8H2,1H3. The summed E-state index contributed by atoms with van der Waals surface area (Å²) in [5, 5.41) is 15.6. The quantitative estimate of drug-likeness (QED) is 0.583. The molecular formula is C21H18F5N5O2. The van der Waals surface area contributed by atoms with Crippen LogP contribution in [0, 0.1) is 11.6 Å². The van der Waals surface area contributed by atoms with Crippen molar-refractivity contribution < 1.29 is 31.9 Å². The number of aliphatic hydroxyl groups is 1. The Morgan fingerprint density at radius 3 is 2.48 bits per heavy atom. The number of aryl methyl sites for hydroxylation is 1. The Morgan fingerprint density at radius 1 is 1.09 bits per heavy atom. The number of rotatable bonds is 5. The van der Waals surface area contributed by atoms with Crippen LogP contribution in [0.5, 0.6) is 0 Å². The zero-order valence-corrected chi connectivity index (χ0v) is 17.2. The summed E-state index contributed by atoms with van der Waals surface area (Å²) in [7, 11) is 1.23. The number of nitrogens with zero attached hydrogens (tertiary/aromatic N) is 5. The van der Waals surface area contributed by atoms with Gasteiger partial charge in [0.05, 0.1) is 22.4 Å². The molecule has 1 aromatic heterocycles. The van der Waals surface area contributed by atoms with Crippen LogP contribution >= 0.6 is 0 Å². The Morgan fingerprint density at radius 2 is 1.85 bits per heavy atom. The van der Waals surface area contributed by atoms with E-state index in [4.69, 9.17) is 0 Å². The van der Waals surface area contributed by atoms with Crippen molar-refractivity contribution in [3.05, 3.63) is 77.4 Å². The van der Waals surface area contributed by atoms with Gasteiger partial charge in [-0.15, -0.1) is 0 Å². The summed E-state index contributed by atoms with van der Waals surface area (Å²) in [6, 6.07) is 4.87.